The largest absolute Gasteiger partial charge is 0.497 e. The molecule has 0 aromatic heterocycles. The lowest BCUT2D eigenvalue weighted by Crippen LogP contribution is -2.34. The Morgan fingerprint density at radius 1 is 1.04 bits per heavy atom. The molecule has 0 unspecified atom stereocenters. The van der Waals surface area contributed by atoms with E-state index >= 15 is 0 Å². The lowest BCUT2D eigenvalue weighted by atomic mass is 10.3. The van der Waals surface area contributed by atoms with Crippen LogP contribution < -0.4 is 24.8 Å². The first-order chi connectivity index (χ1) is 12.7. The summed E-state index contributed by atoms with van der Waals surface area (Å²) in [5.41, 5.74) is 0.998. The lowest BCUT2D eigenvalue weighted by molar-refractivity contribution is 0.415. The summed E-state index contributed by atoms with van der Waals surface area (Å²) in [7, 11) is -0.767. The van der Waals surface area contributed by atoms with Crippen molar-refractivity contribution in [2.75, 3.05) is 24.3 Å². The van der Waals surface area contributed by atoms with E-state index in [4.69, 9.17) is 21.7 Å². The van der Waals surface area contributed by atoms with Gasteiger partial charge < -0.3 is 20.1 Å². The third-order valence-electron chi connectivity index (χ3n) is 3.49. The van der Waals surface area contributed by atoms with Gasteiger partial charge in [0.2, 0.25) is 0 Å². The molecule has 0 aliphatic carbocycles. The van der Waals surface area contributed by atoms with Crippen molar-refractivity contribution < 1.29 is 17.9 Å². The maximum absolute atomic E-state index is 12.6. The minimum atomic E-state index is -3.78. The lowest BCUT2D eigenvalue weighted by Gasteiger charge is -2.16. The second kappa shape index (κ2) is 8.92. The number of nitrogens with one attached hydrogen (secondary N) is 3. The van der Waals surface area contributed by atoms with Gasteiger partial charge in [0, 0.05) is 17.8 Å². The Bertz CT molecular complexity index is 897. The van der Waals surface area contributed by atoms with E-state index in [0.29, 0.717) is 28.0 Å². The summed E-state index contributed by atoms with van der Waals surface area (Å²) in [5.74, 6) is 1.00. The van der Waals surface area contributed by atoms with Gasteiger partial charge in [-0.25, -0.2) is 8.42 Å². The fraction of sp³-hybridized carbons (Fsp3) is 0.278. The number of methoxy groups -OCH3 is 2. The normalized spacial score (nSPS) is 11.0. The summed E-state index contributed by atoms with van der Waals surface area (Å²) in [5, 5.41) is 6.48. The number of benzene rings is 2. The maximum atomic E-state index is 12.6. The predicted molar refractivity (Wildman–Crippen MR) is 111 cm³/mol. The van der Waals surface area contributed by atoms with Crippen LogP contribution in [0.25, 0.3) is 0 Å². The SMILES string of the molecule is COc1ccc(NS(=O)(=O)c2ccc(NC(=S)NC(C)C)c(OC)c2)cc1. The number of thiocarbonyl (C=S) groups is 1. The zero-order chi connectivity index (χ0) is 20.0. The van der Waals surface area contributed by atoms with Crippen LogP contribution in [0.1, 0.15) is 13.8 Å². The zero-order valence-electron chi connectivity index (χ0n) is 15.6. The fourth-order valence-electron chi connectivity index (χ4n) is 2.24. The van der Waals surface area contributed by atoms with Crippen LogP contribution in [0.5, 0.6) is 11.5 Å². The number of sulfonamides is 1. The molecule has 0 atom stereocenters. The quantitative estimate of drug-likeness (QED) is 0.605. The minimum absolute atomic E-state index is 0.0726. The summed E-state index contributed by atoms with van der Waals surface area (Å²) in [6, 6.07) is 11.3. The number of hydrogen-bond donors (Lipinski definition) is 3. The molecular weight excluding hydrogens is 386 g/mol. The molecule has 0 saturated carbocycles. The Hall–Kier alpha value is -2.52. The van der Waals surface area contributed by atoms with Gasteiger partial charge in [-0.05, 0) is 62.5 Å². The predicted octanol–water partition coefficient (Wildman–Crippen LogP) is 3.20. The summed E-state index contributed by atoms with van der Waals surface area (Å²) >= 11 is 5.21. The number of anilines is 2. The van der Waals surface area contributed by atoms with Gasteiger partial charge in [0.1, 0.15) is 11.5 Å². The van der Waals surface area contributed by atoms with Gasteiger partial charge >= 0.3 is 0 Å². The van der Waals surface area contributed by atoms with Crippen LogP contribution in [0.15, 0.2) is 47.4 Å². The Morgan fingerprint density at radius 2 is 1.70 bits per heavy atom. The molecule has 0 heterocycles. The Balaban J connectivity index is 2.22. The summed E-state index contributed by atoms with van der Waals surface area (Å²) in [6.45, 7) is 3.93. The Kier molecular flexibility index (Phi) is 6.86. The summed E-state index contributed by atoms with van der Waals surface area (Å²) < 4.78 is 38.2. The molecule has 9 heteroatoms. The first-order valence-corrected chi connectivity index (χ1v) is 10.1. The van der Waals surface area contributed by atoms with Crippen molar-refractivity contribution >= 4 is 38.7 Å². The van der Waals surface area contributed by atoms with Crippen molar-refractivity contribution in [1.82, 2.24) is 5.32 Å². The van der Waals surface area contributed by atoms with E-state index in [1.807, 2.05) is 13.8 Å². The molecule has 0 aliphatic rings. The molecule has 2 aromatic rings. The molecule has 2 rings (SSSR count). The molecule has 7 nitrogen and oxygen atoms in total. The first kappa shape index (κ1) is 20.8. The van der Waals surface area contributed by atoms with Crippen molar-refractivity contribution in [1.29, 1.82) is 0 Å². The van der Waals surface area contributed by atoms with Crippen LogP contribution in [0.4, 0.5) is 11.4 Å². The molecule has 0 radical (unpaired) electrons. The molecular formula is C18H23N3O4S2. The highest BCUT2D eigenvalue weighted by Crippen LogP contribution is 2.29. The molecule has 146 valence electrons. The molecule has 3 N–H and O–H groups in total. The van der Waals surface area contributed by atoms with E-state index in [1.165, 1.54) is 19.2 Å². The van der Waals surface area contributed by atoms with E-state index in [9.17, 15) is 8.42 Å². The number of hydrogen-bond acceptors (Lipinski definition) is 5. The monoisotopic (exact) mass is 409 g/mol. The molecule has 0 saturated heterocycles. The second-order valence-electron chi connectivity index (χ2n) is 5.95. The third kappa shape index (κ3) is 5.73. The van der Waals surface area contributed by atoms with Crippen LogP contribution in [-0.4, -0.2) is 33.8 Å². The van der Waals surface area contributed by atoms with E-state index in [-0.39, 0.29) is 10.9 Å². The van der Waals surface area contributed by atoms with Crippen molar-refractivity contribution in [2.45, 2.75) is 24.8 Å². The molecule has 0 amide bonds. The van der Waals surface area contributed by atoms with Crippen molar-refractivity contribution in [3.05, 3.63) is 42.5 Å². The van der Waals surface area contributed by atoms with Crippen molar-refractivity contribution in [3.63, 3.8) is 0 Å². The van der Waals surface area contributed by atoms with E-state index in [1.54, 1.807) is 37.4 Å². The Morgan fingerprint density at radius 3 is 2.26 bits per heavy atom. The minimum Gasteiger partial charge on any atom is -0.497 e. The zero-order valence-corrected chi connectivity index (χ0v) is 17.2. The molecule has 0 spiro atoms. The van der Waals surface area contributed by atoms with Gasteiger partial charge in [-0.3, -0.25) is 4.72 Å². The highest BCUT2D eigenvalue weighted by atomic mass is 32.2. The van der Waals surface area contributed by atoms with Crippen molar-refractivity contribution in [3.8, 4) is 11.5 Å². The van der Waals surface area contributed by atoms with Gasteiger partial charge in [0.25, 0.3) is 10.0 Å². The van der Waals surface area contributed by atoms with Crippen LogP contribution in [0.2, 0.25) is 0 Å². The van der Waals surface area contributed by atoms with Gasteiger partial charge in [0.05, 0.1) is 24.8 Å². The van der Waals surface area contributed by atoms with E-state index in [2.05, 4.69) is 15.4 Å². The highest BCUT2D eigenvalue weighted by Gasteiger charge is 2.17. The maximum Gasteiger partial charge on any atom is 0.262 e. The number of rotatable bonds is 7. The smallest absolute Gasteiger partial charge is 0.262 e. The topological polar surface area (TPSA) is 88.7 Å². The second-order valence-corrected chi connectivity index (χ2v) is 8.04. The average Bonchev–Trinajstić information content (AvgIpc) is 2.61. The van der Waals surface area contributed by atoms with Gasteiger partial charge in [-0.1, -0.05) is 0 Å². The third-order valence-corrected chi connectivity index (χ3v) is 5.09. The first-order valence-electron chi connectivity index (χ1n) is 8.17. The summed E-state index contributed by atoms with van der Waals surface area (Å²) in [6.07, 6.45) is 0. The van der Waals surface area contributed by atoms with Crippen LogP contribution in [0.3, 0.4) is 0 Å². The molecule has 2 aromatic carbocycles. The van der Waals surface area contributed by atoms with Crippen molar-refractivity contribution in [2.24, 2.45) is 0 Å². The van der Waals surface area contributed by atoms with Crippen LogP contribution >= 0.6 is 12.2 Å². The molecule has 27 heavy (non-hydrogen) atoms. The highest BCUT2D eigenvalue weighted by molar-refractivity contribution is 7.92. The fourth-order valence-corrected chi connectivity index (χ4v) is 3.65. The number of ether oxygens (including phenoxy) is 2. The van der Waals surface area contributed by atoms with E-state index in [0.717, 1.165) is 0 Å². The standard InChI is InChI=1S/C18H23N3O4S2/c1-12(2)19-18(26)20-16-10-9-15(11-17(16)25-4)27(22,23)21-13-5-7-14(24-3)8-6-13/h5-12,21H,1-4H3,(H2,19,20,26). The summed E-state index contributed by atoms with van der Waals surface area (Å²) in [4.78, 5) is 0.0726. The molecule has 0 fully saturated rings. The van der Waals surface area contributed by atoms with Gasteiger partial charge in [0.15, 0.2) is 5.11 Å². The van der Waals surface area contributed by atoms with Crippen LogP contribution in [0, 0.1) is 0 Å². The van der Waals surface area contributed by atoms with Gasteiger partial charge in [-0.15, -0.1) is 0 Å². The molecule has 0 aliphatic heterocycles. The van der Waals surface area contributed by atoms with Gasteiger partial charge in [-0.2, -0.15) is 0 Å². The van der Waals surface area contributed by atoms with E-state index < -0.39 is 10.0 Å². The average molecular weight is 410 g/mol. The molecule has 0 bridgehead atoms. The van der Waals surface area contributed by atoms with Crippen LogP contribution in [-0.2, 0) is 10.0 Å². The Labute approximate surface area is 165 Å².